The maximum atomic E-state index is 11.4. The highest BCUT2D eigenvalue weighted by Gasteiger charge is 2.16. The fourth-order valence-electron chi connectivity index (χ4n) is 0.984. The van der Waals surface area contributed by atoms with Gasteiger partial charge >= 0.3 is 0 Å². The number of imidazole rings is 1. The monoisotopic (exact) mass is 196 g/mol. The molecule has 0 aliphatic carbocycles. The van der Waals surface area contributed by atoms with E-state index < -0.39 is 6.04 Å². The average Bonchev–Trinajstić information content (AvgIpc) is 2.65. The smallest absolute Gasteiger partial charge is 0.237 e. The third-order valence-electron chi connectivity index (χ3n) is 2.03. The predicted octanol–water partition coefficient (Wildman–Crippen LogP) is 0.00920. The second-order valence-corrected chi connectivity index (χ2v) is 3.56. The molecule has 5 heteroatoms. The number of nitrogens with zero attached hydrogens (tertiary/aromatic N) is 1. The zero-order chi connectivity index (χ0) is 10.6. The van der Waals surface area contributed by atoms with E-state index in [1.807, 2.05) is 13.8 Å². The first-order chi connectivity index (χ1) is 6.61. The number of nitrogens with one attached hydrogen (secondary N) is 2. The molecular weight excluding hydrogens is 180 g/mol. The molecule has 0 unspecified atom stereocenters. The van der Waals surface area contributed by atoms with Gasteiger partial charge in [0.2, 0.25) is 5.91 Å². The molecule has 0 aliphatic rings. The Morgan fingerprint density at radius 1 is 1.71 bits per heavy atom. The molecule has 1 aromatic heterocycles. The number of hydrogen-bond acceptors (Lipinski definition) is 3. The van der Waals surface area contributed by atoms with Gasteiger partial charge in [0.15, 0.2) is 0 Å². The Bertz CT molecular complexity index is 281. The number of H-pyrrole nitrogens is 1. The SMILES string of the molecule is CC(C)[C@@H](N)C(=O)NCc1cnc[nH]1. The number of amides is 1. The molecule has 0 radical (unpaired) electrons. The first-order valence-corrected chi connectivity index (χ1v) is 4.62. The topological polar surface area (TPSA) is 83.8 Å². The first kappa shape index (κ1) is 10.7. The molecule has 0 saturated carbocycles. The number of rotatable bonds is 4. The van der Waals surface area contributed by atoms with Crippen LogP contribution in [-0.4, -0.2) is 21.9 Å². The first-order valence-electron chi connectivity index (χ1n) is 4.62. The summed E-state index contributed by atoms with van der Waals surface area (Å²) < 4.78 is 0. The van der Waals surface area contributed by atoms with Crippen LogP contribution < -0.4 is 11.1 Å². The summed E-state index contributed by atoms with van der Waals surface area (Å²) in [5.74, 6) is 0.0198. The Morgan fingerprint density at radius 3 is 2.93 bits per heavy atom. The second kappa shape index (κ2) is 4.76. The lowest BCUT2D eigenvalue weighted by Crippen LogP contribution is -2.43. The van der Waals surface area contributed by atoms with Gasteiger partial charge in [-0.05, 0) is 5.92 Å². The maximum Gasteiger partial charge on any atom is 0.237 e. The highest BCUT2D eigenvalue weighted by atomic mass is 16.2. The van der Waals surface area contributed by atoms with Crippen molar-refractivity contribution in [1.82, 2.24) is 15.3 Å². The van der Waals surface area contributed by atoms with Gasteiger partial charge in [-0.3, -0.25) is 4.79 Å². The highest BCUT2D eigenvalue weighted by Crippen LogP contribution is 1.98. The molecule has 0 spiro atoms. The van der Waals surface area contributed by atoms with Gasteiger partial charge in [0, 0.05) is 6.20 Å². The maximum absolute atomic E-state index is 11.4. The second-order valence-electron chi connectivity index (χ2n) is 3.56. The van der Waals surface area contributed by atoms with Gasteiger partial charge in [-0.1, -0.05) is 13.8 Å². The molecule has 1 amide bonds. The molecule has 5 nitrogen and oxygen atoms in total. The van der Waals surface area contributed by atoms with E-state index >= 15 is 0 Å². The summed E-state index contributed by atoms with van der Waals surface area (Å²) >= 11 is 0. The summed E-state index contributed by atoms with van der Waals surface area (Å²) in [6, 6.07) is -0.446. The summed E-state index contributed by atoms with van der Waals surface area (Å²) in [4.78, 5) is 18.1. The number of carbonyl (C=O) groups is 1. The van der Waals surface area contributed by atoms with Crippen LogP contribution in [0.5, 0.6) is 0 Å². The number of aromatic amines is 1. The third kappa shape index (κ3) is 2.85. The average molecular weight is 196 g/mol. The molecule has 1 rings (SSSR count). The largest absolute Gasteiger partial charge is 0.349 e. The molecule has 78 valence electrons. The highest BCUT2D eigenvalue weighted by molar-refractivity contribution is 5.81. The fourth-order valence-corrected chi connectivity index (χ4v) is 0.984. The van der Waals surface area contributed by atoms with E-state index in [4.69, 9.17) is 5.73 Å². The van der Waals surface area contributed by atoms with Crippen molar-refractivity contribution in [3.05, 3.63) is 18.2 Å². The zero-order valence-corrected chi connectivity index (χ0v) is 8.45. The molecular formula is C9H16N4O. The van der Waals surface area contributed by atoms with Crippen LogP contribution >= 0.6 is 0 Å². The van der Waals surface area contributed by atoms with E-state index in [0.717, 1.165) is 5.69 Å². The summed E-state index contributed by atoms with van der Waals surface area (Å²) in [7, 11) is 0. The van der Waals surface area contributed by atoms with Crippen LogP contribution in [0.15, 0.2) is 12.5 Å². The van der Waals surface area contributed by atoms with Gasteiger partial charge < -0.3 is 16.0 Å². The molecule has 0 aliphatic heterocycles. The molecule has 4 N–H and O–H groups in total. The van der Waals surface area contributed by atoms with E-state index in [2.05, 4.69) is 15.3 Å². The van der Waals surface area contributed by atoms with Crippen molar-refractivity contribution in [3.63, 3.8) is 0 Å². The van der Waals surface area contributed by atoms with Crippen LogP contribution in [0, 0.1) is 5.92 Å². The number of aromatic nitrogens is 2. The third-order valence-corrected chi connectivity index (χ3v) is 2.03. The van der Waals surface area contributed by atoms with Crippen molar-refractivity contribution in [2.75, 3.05) is 0 Å². The molecule has 0 bridgehead atoms. The predicted molar refractivity (Wildman–Crippen MR) is 53.2 cm³/mol. The van der Waals surface area contributed by atoms with Crippen LogP contribution in [0.2, 0.25) is 0 Å². The zero-order valence-electron chi connectivity index (χ0n) is 8.45. The normalized spacial score (nSPS) is 12.9. The molecule has 1 heterocycles. The van der Waals surface area contributed by atoms with Gasteiger partial charge in [-0.25, -0.2) is 4.98 Å². The molecule has 1 atom stereocenters. The van der Waals surface area contributed by atoms with E-state index in [0.29, 0.717) is 6.54 Å². The summed E-state index contributed by atoms with van der Waals surface area (Å²) in [6.07, 6.45) is 3.24. The molecule has 1 aromatic rings. The van der Waals surface area contributed by atoms with Crippen molar-refractivity contribution in [2.45, 2.75) is 26.4 Å². The quantitative estimate of drug-likeness (QED) is 0.634. The van der Waals surface area contributed by atoms with E-state index in [9.17, 15) is 4.79 Å². The van der Waals surface area contributed by atoms with Gasteiger partial charge in [0.1, 0.15) is 0 Å². The van der Waals surface area contributed by atoms with Crippen molar-refractivity contribution in [3.8, 4) is 0 Å². The lowest BCUT2D eigenvalue weighted by molar-refractivity contribution is -0.123. The Balaban J connectivity index is 2.35. The Morgan fingerprint density at radius 2 is 2.43 bits per heavy atom. The summed E-state index contributed by atoms with van der Waals surface area (Å²) in [5.41, 5.74) is 6.53. The molecule has 14 heavy (non-hydrogen) atoms. The Kier molecular flexibility index (Phi) is 3.64. The van der Waals surface area contributed by atoms with Gasteiger partial charge in [0.05, 0.1) is 24.6 Å². The summed E-state index contributed by atoms with van der Waals surface area (Å²) in [6.45, 7) is 4.28. The van der Waals surface area contributed by atoms with Crippen LogP contribution in [0.4, 0.5) is 0 Å². The molecule has 0 saturated heterocycles. The molecule has 0 fully saturated rings. The van der Waals surface area contributed by atoms with Gasteiger partial charge in [-0.2, -0.15) is 0 Å². The lowest BCUT2D eigenvalue weighted by atomic mass is 10.1. The van der Waals surface area contributed by atoms with Crippen LogP contribution in [0.1, 0.15) is 19.5 Å². The summed E-state index contributed by atoms with van der Waals surface area (Å²) in [5, 5.41) is 2.73. The van der Waals surface area contributed by atoms with Crippen LogP contribution in [0.3, 0.4) is 0 Å². The Labute approximate surface area is 83.1 Å². The van der Waals surface area contributed by atoms with E-state index in [1.165, 1.54) is 0 Å². The van der Waals surface area contributed by atoms with Gasteiger partial charge in [0.25, 0.3) is 0 Å². The minimum atomic E-state index is -0.446. The van der Waals surface area contributed by atoms with Crippen molar-refractivity contribution < 1.29 is 4.79 Å². The number of hydrogen-bond donors (Lipinski definition) is 3. The lowest BCUT2D eigenvalue weighted by Gasteiger charge is -2.14. The standard InChI is InChI=1S/C9H16N4O/c1-6(2)8(10)9(14)12-4-7-3-11-5-13-7/h3,5-6,8H,4,10H2,1-2H3,(H,11,13)(H,12,14)/t8-/m1/s1. The number of carbonyl (C=O) groups excluding carboxylic acids is 1. The minimum Gasteiger partial charge on any atom is -0.349 e. The van der Waals surface area contributed by atoms with Crippen molar-refractivity contribution in [1.29, 1.82) is 0 Å². The van der Waals surface area contributed by atoms with E-state index in [-0.39, 0.29) is 11.8 Å². The number of nitrogens with two attached hydrogens (primary N) is 1. The van der Waals surface area contributed by atoms with Crippen molar-refractivity contribution >= 4 is 5.91 Å². The van der Waals surface area contributed by atoms with Crippen LogP contribution in [0.25, 0.3) is 0 Å². The van der Waals surface area contributed by atoms with Crippen LogP contribution in [-0.2, 0) is 11.3 Å². The van der Waals surface area contributed by atoms with Gasteiger partial charge in [-0.15, -0.1) is 0 Å². The Hall–Kier alpha value is -1.36. The molecule has 0 aromatic carbocycles. The van der Waals surface area contributed by atoms with Crippen molar-refractivity contribution in [2.24, 2.45) is 11.7 Å². The minimum absolute atomic E-state index is 0.130. The fraction of sp³-hybridized carbons (Fsp3) is 0.556. The van der Waals surface area contributed by atoms with E-state index in [1.54, 1.807) is 12.5 Å².